The van der Waals surface area contributed by atoms with E-state index in [4.69, 9.17) is 0 Å². The molecule has 18 heavy (non-hydrogen) atoms. The minimum absolute atomic E-state index is 0.356. The maximum atomic E-state index is 13.2. The second kappa shape index (κ2) is 5.96. The highest BCUT2D eigenvalue weighted by molar-refractivity contribution is 8.12. The number of hydrogen-bond donors (Lipinski definition) is 0. The first-order valence-corrected chi connectivity index (χ1v) is 6.72. The number of hydrogen-bond acceptors (Lipinski definition) is 3. The van der Waals surface area contributed by atoms with E-state index >= 15 is 0 Å². The Kier molecular flexibility index (Phi) is 4.31. The summed E-state index contributed by atoms with van der Waals surface area (Å²) >= 11 is 1.41. The molecule has 1 aliphatic heterocycles. The molecule has 4 heteroatoms. The van der Waals surface area contributed by atoms with Crippen LogP contribution in [-0.4, -0.2) is 11.3 Å². The maximum absolute atomic E-state index is 13.2. The van der Waals surface area contributed by atoms with Crippen molar-refractivity contribution < 1.29 is 9.18 Å². The lowest BCUT2D eigenvalue weighted by atomic mass is 10.1. The summed E-state index contributed by atoms with van der Waals surface area (Å²) in [6, 6.07) is 1.45. The van der Waals surface area contributed by atoms with Crippen molar-refractivity contribution in [3.63, 3.8) is 0 Å². The van der Waals surface area contributed by atoms with Crippen LogP contribution in [0.2, 0.25) is 0 Å². The molecule has 1 aromatic rings. The van der Waals surface area contributed by atoms with E-state index in [2.05, 4.69) is 4.98 Å². The molecular formula is C14H14FNOS. The topological polar surface area (TPSA) is 30.0 Å². The summed E-state index contributed by atoms with van der Waals surface area (Å²) < 4.78 is 13.2. The van der Waals surface area contributed by atoms with Crippen LogP contribution < -0.4 is 0 Å². The van der Waals surface area contributed by atoms with Crippen molar-refractivity contribution in [2.45, 2.75) is 26.2 Å². The summed E-state index contributed by atoms with van der Waals surface area (Å²) in [6.45, 7) is 2.05. The molecule has 0 saturated heterocycles. The highest BCUT2D eigenvalue weighted by Gasteiger charge is 2.14. The predicted octanol–water partition coefficient (Wildman–Crippen LogP) is 3.95. The Morgan fingerprint density at radius 3 is 3.00 bits per heavy atom. The highest BCUT2D eigenvalue weighted by Crippen LogP contribution is 2.38. The number of pyridine rings is 1. The molecule has 0 spiro atoms. The van der Waals surface area contributed by atoms with Gasteiger partial charge in [-0.1, -0.05) is 30.3 Å². The van der Waals surface area contributed by atoms with Crippen molar-refractivity contribution in [2.75, 3.05) is 0 Å². The molecule has 0 fully saturated rings. The van der Waals surface area contributed by atoms with Gasteiger partial charge in [-0.2, -0.15) is 0 Å². The normalized spacial score (nSPS) is 16.2. The van der Waals surface area contributed by atoms with Crippen molar-refractivity contribution in [3.05, 3.63) is 46.4 Å². The quantitative estimate of drug-likeness (QED) is 0.773. The zero-order chi connectivity index (χ0) is 13.0. The molecule has 2 rings (SSSR count). The third-order valence-corrected chi connectivity index (χ3v) is 4.09. The van der Waals surface area contributed by atoms with Crippen molar-refractivity contribution in [1.82, 2.24) is 4.98 Å². The van der Waals surface area contributed by atoms with E-state index < -0.39 is 0 Å². The molecule has 0 unspecified atom stereocenters. The van der Waals surface area contributed by atoms with Gasteiger partial charge in [-0.3, -0.25) is 9.78 Å². The number of aromatic nitrogens is 1. The zero-order valence-corrected chi connectivity index (χ0v) is 11.0. The molecule has 2 nitrogen and oxygen atoms in total. The molecule has 0 aromatic carbocycles. The molecule has 0 saturated carbocycles. The van der Waals surface area contributed by atoms with Gasteiger partial charge in [-0.15, -0.1) is 0 Å². The van der Waals surface area contributed by atoms with Gasteiger partial charge in [0, 0.05) is 16.7 Å². The van der Waals surface area contributed by atoms with Gasteiger partial charge in [0.1, 0.15) is 5.82 Å². The number of allylic oxidation sites excluding steroid dienone is 3. The van der Waals surface area contributed by atoms with Gasteiger partial charge in [-0.05, 0) is 25.3 Å². The first-order valence-electron chi connectivity index (χ1n) is 5.90. The molecule has 0 amide bonds. The average molecular weight is 263 g/mol. The molecule has 1 aliphatic rings. The molecule has 0 aliphatic carbocycles. The van der Waals surface area contributed by atoms with Crippen LogP contribution in [0.1, 0.15) is 31.7 Å². The third-order valence-electron chi connectivity index (χ3n) is 2.87. The number of nitrogens with zero attached hydrogens (tertiary/aromatic N) is 1. The molecule has 2 heterocycles. The van der Waals surface area contributed by atoms with Gasteiger partial charge >= 0.3 is 0 Å². The Hall–Kier alpha value is -1.42. The van der Waals surface area contributed by atoms with E-state index in [1.165, 1.54) is 29.6 Å². The summed E-state index contributed by atoms with van der Waals surface area (Å²) in [4.78, 5) is 16.6. The first-order chi connectivity index (χ1) is 8.74. The average Bonchev–Trinajstić information content (AvgIpc) is 2.60. The first kappa shape index (κ1) is 13.0. The minimum Gasteiger partial charge on any atom is -0.297 e. The smallest absolute Gasteiger partial charge is 0.156 e. The number of rotatable bonds is 3. The second-order valence-corrected chi connectivity index (χ2v) is 5.12. The highest BCUT2D eigenvalue weighted by atomic mass is 32.2. The molecule has 0 atom stereocenters. The lowest BCUT2D eigenvalue weighted by molar-refractivity contribution is -0.104. The summed E-state index contributed by atoms with van der Waals surface area (Å²) in [5.41, 5.74) is 1.90. The summed E-state index contributed by atoms with van der Waals surface area (Å²) in [7, 11) is 0. The van der Waals surface area contributed by atoms with Crippen molar-refractivity contribution in [2.24, 2.45) is 0 Å². The third kappa shape index (κ3) is 2.88. The van der Waals surface area contributed by atoms with Crippen LogP contribution in [0.15, 0.2) is 35.0 Å². The Bertz CT molecular complexity index is 522. The van der Waals surface area contributed by atoms with Gasteiger partial charge < -0.3 is 0 Å². The van der Waals surface area contributed by atoms with E-state index in [0.29, 0.717) is 0 Å². The van der Waals surface area contributed by atoms with E-state index in [9.17, 15) is 9.18 Å². The van der Waals surface area contributed by atoms with E-state index in [1.54, 1.807) is 6.20 Å². The largest absolute Gasteiger partial charge is 0.297 e. The van der Waals surface area contributed by atoms with Crippen LogP contribution in [0.3, 0.4) is 0 Å². The van der Waals surface area contributed by atoms with Crippen molar-refractivity contribution in [3.8, 4) is 0 Å². The Balaban J connectivity index is 2.33. The fourth-order valence-electron chi connectivity index (χ4n) is 1.91. The molecule has 1 aromatic heterocycles. The summed E-state index contributed by atoms with van der Waals surface area (Å²) in [6.07, 6.45) is 8.40. The van der Waals surface area contributed by atoms with Gasteiger partial charge in [-0.25, -0.2) is 4.39 Å². The van der Waals surface area contributed by atoms with E-state index in [0.717, 1.165) is 40.9 Å². The van der Waals surface area contributed by atoms with Crippen LogP contribution in [0.4, 0.5) is 4.39 Å². The fourth-order valence-corrected chi connectivity index (χ4v) is 3.02. The standard InChI is InChI=1S/C14H14FNOS/c1-2-10-4-3-5-13(18-14(10)9-17)11-6-12(15)8-16-7-11/h5-9H,2-4H2,1H3. The number of thioether (sulfide) groups is 1. The molecule has 0 N–H and O–H groups in total. The van der Waals surface area contributed by atoms with Crippen LogP contribution in [0.5, 0.6) is 0 Å². The van der Waals surface area contributed by atoms with Crippen LogP contribution in [0, 0.1) is 5.82 Å². The SMILES string of the molecule is CCC1=C(C=O)SC(c2cncc(F)c2)=CCC1. The van der Waals surface area contributed by atoms with Gasteiger partial charge in [0.25, 0.3) is 0 Å². The van der Waals surface area contributed by atoms with E-state index in [-0.39, 0.29) is 5.82 Å². The summed E-state index contributed by atoms with van der Waals surface area (Å²) in [5, 5.41) is 0. The zero-order valence-electron chi connectivity index (χ0n) is 10.1. The van der Waals surface area contributed by atoms with Gasteiger partial charge in [0.2, 0.25) is 0 Å². The lowest BCUT2D eigenvalue weighted by Crippen LogP contribution is -1.89. The number of halogens is 1. The molecule has 0 radical (unpaired) electrons. The second-order valence-electron chi connectivity index (χ2n) is 4.04. The molecule has 94 valence electrons. The lowest BCUT2D eigenvalue weighted by Gasteiger charge is -2.07. The van der Waals surface area contributed by atoms with Crippen LogP contribution >= 0.6 is 11.8 Å². The van der Waals surface area contributed by atoms with Gasteiger partial charge in [0.15, 0.2) is 6.29 Å². The van der Waals surface area contributed by atoms with Crippen molar-refractivity contribution in [1.29, 1.82) is 0 Å². The Labute approximate surface area is 110 Å². The fraction of sp³-hybridized carbons (Fsp3) is 0.286. The van der Waals surface area contributed by atoms with Crippen LogP contribution in [0.25, 0.3) is 4.91 Å². The monoisotopic (exact) mass is 263 g/mol. The predicted molar refractivity (Wildman–Crippen MR) is 72.4 cm³/mol. The minimum atomic E-state index is -0.356. The molecular weight excluding hydrogens is 249 g/mol. The Morgan fingerprint density at radius 1 is 1.50 bits per heavy atom. The van der Waals surface area contributed by atoms with Gasteiger partial charge in [0.05, 0.1) is 11.1 Å². The Morgan fingerprint density at radius 2 is 2.33 bits per heavy atom. The summed E-state index contributed by atoms with van der Waals surface area (Å²) in [5.74, 6) is -0.356. The molecule has 0 bridgehead atoms. The van der Waals surface area contributed by atoms with E-state index in [1.807, 2.05) is 13.0 Å². The number of aldehydes is 1. The van der Waals surface area contributed by atoms with Crippen molar-refractivity contribution >= 4 is 23.0 Å². The number of carbonyl (C=O) groups excluding carboxylic acids is 1. The number of carbonyl (C=O) groups is 1. The maximum Gasteiger partial charge on any atom is 0.156 e. The van der Waals surface area contributed by atoms with Crippen LogP contribution in [-0.2, 0) is 4.79 Å².